The Hall–Kier alpha value is -3.66. The molecule has 9 nitrogen and oxygen atoms in total. The third-order valence-corrected chi connectivity index (χ3v) is 4.88. The normalized spacial score (nSPS) is 10.4. The lowest BCUT2D eigenvalue weighted by molar-refractivity contribution is -0.116. The number of thioether (sulfide) groups is 1. The molecule has 4 N–H and O–H groups in total. The number of hydrogen-bond donors (Lipinski definition) is 3. The molecule has 0 saturated carbocycles. The molecule has 154 valence electrons. The molecule has 0 aliphatic rings. The third-order valence-electron chi connectivity index (χ3n) is 3.88. The fourth-order valence-electron chi connectivity index (χ4n) is 2.40. The lowest BCUT2D eigenvalue weighted by Gasteiger charge is -2.06. The smallest absolute Gasteiger partial charge is 0.292 e. The van der Waals surface area contributed by atoms with Gasteiger partial charge in [0, 0.05) is 23.4 Å². The van der Waals surface area contributed by atoms with Crippen LogP contribution in [-0.2, 0) is 4.79 Å². The van der Waals surface area contributed by atoms with Crippen LogP contribution in [0, 0.1) is 0 Å². The molecule has 3 rings (SSSR count). The van der Waals surface area contributed by atoms with Crippen molar-refractivity contribution in [2.45, 2.75) is 17.9 Å². The Balaban J connectivity index is 1.37. The lowest BCUT2D eigenvalue weighted by Crippen LogP contribution is -2.13. The quantitative estimate of drug-likeness (QED) is 0.354. The number of amides is 3. The van der Waals surface area contributed by atoms with E-state index in [9.17, 15) is 14.4 Å². The molecule has 0 saturated heterocycles. The Morgan fingerprint density at radius 2 is 1.80 bits per heavy atom. The summed E-state index contributed by atoms with van der Waals surface area (Å²) >= 11 is 1.46. The number of nitrogens with one attached hydrogen (secondary N) is 2. The summed E-state index contributed by atoms with van der Waals surface area (Å²) in [6.45, 7) is 0. The standard InChI is InChI=1S/C20H19N5O4S/c21-19(27)13-5-7-14(8-6-13)22-17(26)4-2-12-30-18-10-9-16(24-25-18)23-20(28)15-3-1-11-29-15/h1,3,5-11H,2,4,12H2,(H2,21,27)(H,22,26)(H,23,24,28). The van der Waals surface area contributed by atoms with Gasteiger partial charge in [0.2, 0.25) is 11.8 Å². The summed E-state index contributed by atoms with van der Waals surface area (Å²) in [5.41, 5.74) is 6.18. The van der Waals surface area contributed by atoms with Crippen LogP contribution in [-0.4, -0.2) is 33.7 Å². The SMILES string of the molecule is NC(=O)c1ccc(NC(=O)CCCSc2ccc(NC(=O)c3ccco3)nn2)cc1. The number of primary amides is 1. The lowest BCUT2D eigenvalue weighted by atomic mass is 10.2. The van der Waals surface area contributed by atoms with Gasteiger partial charge in [0.25, 0.3) is 5.91 Å². The first-order valence-corrected chi connectivity index (χ1v) is 10.0. The highest BCUT2D eigenvalue weighted by Crippen LogP contribution is 2.18. The highest BCUT2D eigenvalue weighted by molar-refractivity contribution is 7.99. The number of furan rings is 1. The van der Waals surface area contributed by atoms with Gasteiger partial charge < -0.3 is 20.8 Å². The molecule has 2 aromatic heterocycles. The number of carbonyl (C=O) groups excluding carboxylic acids is 3. The van der Waals surface area contributed by atoms with Gasteiger partial charge in [-0.3, -0.25) is 14.4 Å². The monoisotopic (exact) mass is 425 g/mol. The molecule has 3 aromatic rings. The van der Waals surface area contributed by atoms with Crippen LogP contribution >= 0.6 is 11.8 Å². The van der Waals surface area contributed by atoms with Gasteiger partial charge in [0.05, 0.1) is 6.26 Å². The maximum Gasteiger partial charge on any atom is 0.292 e. The van der Waals surface area contributed by atoms with Crippen LogP contribution in [0.3, 0.4) is 0 Å². The Morgan fingerprint density at radius 3 is 2.43 bits per heavy atom. The zero-order chi connectivity index (χ0) is 21.3. The summed E-state index contributed by atoms with van der Waals surface area (Å²) in [6, 6.07) is 13.0. The number of nitrogens with two attached hydrogens (primary N) is 1. The number of anilines is 2. The zero-order valence-electron chi connectivity index (χ0n) is 15.8. The first-order valence-electron chi connectivity index (χ1n) is 9.02. The van der Waals surface area contributed by atoms with E-state index in [1.54, 1.807) is 48.5 Å². The van der Waals surface area contributed by atoms with E-state index < -0.39 is 11.8 Å². The van der Waals surface area contributed by atoms with Crippen molar-refractivity contribution in [3.8, 4) is 0 Å². The van der Waals surface area contributed by atoms with Crippen LogP contribution in [0.4, 0.5) is 11.5 Å². The van der Waals surface area contributed by atoms with E-state index in [2.05, 4.69) is 20.8 Å². The van der Waals surface area contributed by atoms with Gasteiger partial charge in [0.1, 0.15) is 5.03 Å². The summed E-state index contributed by atoms with van der Waals surface area (Å²) in [6.07, 6.45) is 2.41. The summed E-state index contributed by atoms with van der Waals surface area (Å²) in [5, 5.41) is 14.1. The van der Waals surface area contributed by atoms with Crippen molar-refractivity contribution in [3.05, 3.63) is 66.1 Å². The predicted molar refractivity (Wildman–Crippen MR) is 112 cm³/mol. The minimum atomic E-state index is -0.513. The fraction of sp³-hybridized carbons (Fsp3) is 0.150. The largest absolute Gasteiger partial charge is 0.459 e. The van der Waals surface area contributed by atoms with Gasteiger partial charge in [-0.05, 0) is 55.0 Å². The van der Waals surface area contributed by atoms with Crippen LogP contribution in [0.15, 0.2) is 64.2 Å². The maximum atomic E-state index is 12.0. The number of hydrogen-bond acceptors (Lipinski definition) is 7. The molecular weight excluding hydrogens is 406 g/mol. The van der Waals surface area contributed by atoms with Crippen LogP contribution in [0.25, 0.3) is 0 Å². The van der Waals surface area contributed by atoms with E-state index in [1.165, 1.54) is 18.0 Å². The number of aromatic nitrogens is 2. The van der Waals surface area contributed by atoms with E-state index in [1.807, 2.05) is 0 Å². The summed E-state index contributed by atoms with van der Waals surface area (Å²) in [7, 11) is 0. The van der Waals surface area contributed by atoms with E-state index in [0.717, 1.165) is 0 Å². The second kappa shape index (κ2) is 10.2. The second-order valence-electron chi connectivity index (χ2n) is 6.13. The highest BCUT2D eigenvalue weighted by Gasteiger charge is 2.10. The van der Waals surface area contributed by atoms with Crippen molar-refractivity contribution in [3.63, 3.8) is 0 Å². The Bertz CT molecular complexity index is 1000. The molecule has 1 aromatic carbocycles. The summed E-state index contributed by atoms with van der Waals surface area (Å²) < 4.78 is 5.01. The van der Waals surface area contributed by atoms with Gasteiger partial charge in [-0.15, -0.1) is 22.0 Å². The highest BCUT2D eigenvalue weighted by atomic mass is 32.2. The Morgan fingerprint density at radius 1 is 1.00 bits per heavy atom. The minimum absolute atomic E-state index is 0.121. The van der Waals surface area contributed by atoms with Crippen molar-refractivity contribution >= 4 is 41.0 Å². The predicted octanol–water partition coefficient (Wildman–Crippen LogP) is 2.93. The van der Waals surface area contributed by atoms with E-state index in [4.69, 9.17) is 10.2 Å². The molecular formula is C20H19N5O4S. The van der Waals surface area contributed by atoms with Gasteiger partial charge >= 0.3 is 0 Å². The number of rotatable bonds is 9. The molecule has 0 spiro atoms. The second-order valence-corrected chi connectivity index (χ2v) is 7.25. The van der Waals surface area contributed by atoms with Crippen molar-refractivity contribution in [2.24, 2.45) is 5.73 Å². The van der Waals surface area contributed by atoms with Gasteiger partial charge in [-0.1, -0.05) is 0 Å². The first kappa shape index (κ1) is 21.1. The van der Waals surface area contributed by atoms with E-state index >= 15 is 0 Å². The molecule has 2 heterocycles. The topological polar surface area (TPSA) is 140 Å². The van der Waals surface area contributed by atoms with Gasteiger partial charge in [0.15, 0.2) is 11.6 Å². The number of benzene rings is 1. The zero-order valence-corrected chi connectivity index (χ0v) is 16.6. The van der Waals surface area contributed by atoms with Crippen LogP contribution < -0.4 is 16.4 Å². The Kier molecular flexibility index (Phi) is 7.17. The van der Waals surface area contributed by atoms with Gasteiger partial charge in [-0.2, -0.15) is 0 Å². The third kappa shape index (κ3) is 6.17. The molecule has 0 atom stereocenters. The molecule has 0 aliphatic carbocycles. The molecule has 0 unspecified atom stereocenters. The minimum Gasteiger partial charge on any atom is -0.459 e. The molecule has 0 radical (unpaired) electrons. The molecule has 0 fully saturated rings. The van der Waals surface area contributed by atoms with Crippen molar-refractivity contribution in [1.29, 1.82) is 0 Å². The molecule has 0 bridgehead atoms. The molecule has 0 aliphatic heterocycles. The van der Waals surface area contributed by atoms with E-state index in [0.29, 0.717) is 40.7 Å². The number of nitrogens with zero attached hydrogens (tertiary/aromatic N) is 2. The van der Waals surface area contributed by atoms with E-state index in [-0.39, 0.29) is 11.7 Å². The fourth-order valence-corrected chi connectivity index (χ4v) is 3.16. The van der Waals surface area contributed by atoms with Crippen LogP contribution in [0.2, 0.25) is 0 Å². The average Bonchev–Trinajstić information content (AvgIpc) is 3.28. The first-order chi connectivity index (χ1) is 14.5. The Labute approximate surface area is 176 Å². The van der Waals surface area contributed by atoms with Crippen molar-refractivity contribution in [1.82, 2.24) is 10.2 Å². The molecule has 3 amide bonds. The molecule has 10 heteroatoms. The van der Waals surface area contributed by atoms with Crippen molar-refractivity contribution in [2.75, 3.05) is 16.4 Å². The van der Waals surface area contributed by atoms with Crippen LogP contribution in [0.1, 0.15) is 33.8 Å². The number of carbonyl (C=O) groups is 3. The average molecular weight is 425 g/mol. The van der Waals surface area contributed by atoms with Gasteiger partial charge in [-0.25, -0.2) is 0 Å². The summed E-state index contributed by atoms with van der Waals surface area (Å²) in [5.74, 6) is 0.163. The van der Waals surface area contributed by atoms with Crippen LogP contribution in [0.5, 0.6) is 0 Å². The maximum absolute atomic E-state index is 12.0. The molecule has 30 heavy (non-hydrogen) atoms. The van der Waals surface area contributed by atoms with Crippen molar-refractivity contribution < 1.29 is 18.8 Å². The summed E-state index contributed by atoms with van der Waals surface area (Å²) in [4.78, 5) is 34.9.